The maximum Gasteiger partial charge on any atom is 0.306 e. The van der Waals surface area contributed by atoms with Crippen LogP contribution in [0.3, 0.4) is 0 Å². The van der Waals surface area contributed by atoms with E-state index >= 15 is 0 Å². The van der Waals surface area contributed by atoms with Crippen molar-refractivity contribution in [2.75, 3.05) is 13.2 Å². The maximum absolute atomic E-state index is 12.8. The minimum Gasteiger partial charge on any atom is -0.462 e. The van der Waals surface area contributed by atoms with Gasteiger partial charge in [-0.05, 0) is 122 Å². The Kier molecular flexibility index (Phi) is 50.6. The fraction of sp³-hybridized carbons (Fsp3) is 0.590. The van der Waals surface area contributed by atoms with Gasteiger partial charge in [0.05, 0.1) is 0 Å². The standard InChI is InChI=1S/C61H96O6/c1-4-7-10-13-16-19-22-25-28-29-30-31-34-36-39-42-45-48-51-54-60(63)66-57-58(67-61(64)55-52-49-46-43-40-37-33-27-24-21-18-15-12-9-6-3)56-65-59(62)53-50-47-44-41-38-35-32-26-23-20-17-14-11-8-5-2/h7,9-10,12,16,18-19,21,25-28,30-33,36,39-40,43,45,48,58H,4-6,8,11,13-15,17,20,22-24,29,34-35,37-38,41-42,44,46-47,49-57H2,1-3H3/b10-7-,12-9-,19-16-,21-18-,28-25-,31-30-,32-26-,33-27-,39-36-,43-40-,48-45-/t58-/m0/s1. The van der Waals surface area contributed by atoms with Crippen LogP contribution in [0.1, 0.15) is 213 Å². The van der Waals surface area contributed by atoms with E-state index in [2.05, 4.69) is 142 Å². The second-order valence-electron chi connectivity index (χ2n) is 17.0. The first kappa shape index (κ1) is 62.5. The summed E-state index contributed by atoms with van der Waals surface area (Å²) < 4.78 is 16.7. The summed E-state index contributed by atoms with van der Waals surface area (Å²) in [6.07, 6.45) is 75.9. The Balaban J connectivity index is 4.60. The van der Waals surface area contributed by atoms with Gasteiger partial charge in [0.2, 0.25) is 0 Å². The van der Waals surface area contributed by atoms with Gasteiger partial charge in [-0.15, -0.1) is 0 Å². The third-order valence-corrected chi connectivity index (χ3v) is 10.6. The number of hydrogen-bond acceptors (Lipinski definition) is 6. The van der Waals surface area contributed by atoms with Gasteiger partial charge in [0.25, 0.3) is 0 Å². The summed E-state index contributed by atoms with van der Waals surface area (Å²) in [5, 5.41) is 0. The molecule has 0 aromatic heterocycles. The van der Waals surface area contributed by atoms with E-state index in [0.717, 1.165) is 109 Å². The maximum atomic E-state index is 12.8. The first-order chi connectivity index (χ1) is 33.0. The topological polar surface area (TPSA) is 78.9 Å². The van der Waals surface area contributed by atoms with Crippen molar-refractivity contribution in [2.45, 2.75) is 219 Å². The number of carbonyl (C=O) groups excluding carboxylic acids is 3. The number of esters is 3. The molecule has 6 heteroatoms. The molecule has 0 aromatic carbocycles. The lowest BCUT2D eigenvalue weighted by molar-refractivity contribution is -0.166. The van der Waals surface area contributed by atoms with E-state index in [4.69, 9.17) is 14.2 Å². The molecule has 0 fully saturated rings. The summed E-state index contributed by atoms with van der Waals surface area (Å²) >= 11 is 0. The van der Waals surface area contributed by atoms with E-state index in [0.29, 0.717) is 19.3 Å². The van der Waals surface area contributed by atoms with Crippen molar-refractivity contribution >= 4 is 17.9 Å². The number of rotatable bonds is 46. The molecule has 0 bridgehead atoms. The Hall–Kier alpha value is -4.45. The Morgan fingerprint density at radius 2 is 0.612 bits per heavy atom. The molecule has 0 aliphatic carbocycles. The highest BCUT2D eigenvalue weighted by Gasteiger charge is 2.19. The first-order valence-corrected chi connectivity index (χ1v) is 26.7. The Morgan fingerprint density at radius 3 is 1.04 bits per heavy atom. The van der Waals surface area contributed by atoms with Gasteiger partial charge in [-0.25, -0.2) is 0 Å². The van der Waals surface area contributed by atoms with Crippen LogP contribution in [0, 0.1) is 0 Å². The average Bonchev–Trinajstić information content (AvgIpc) is 3.33. The van der Waals surface area contributed by atoms with Crippen molar-refractivity contribution in [1.82, 2.24) is 0 Å². The predicted octanol–water partition coefficient (Wildman–Crippen LogP) is 17.9. The van der Waals surface area contributed by atoms with E-state index in [1.165, 1.54) is 51.4 Å². The minimum absolute atomic E-state index is 0.127. The molecule has 0 amide bonds. The zero-order valence-electron chi connectivity index (χ0n) is 42.9. The molecule has 0 spiro atoms. The zero-order valence-corrected chi connectivity index (χ0v) is 42.9. The van der Waals surface area contributed by atoms with E-state index in [9.17, 15) is 14.4 Å². The van der Waals surface area contributed by atoms with Gasteiger partial charge in [0, 0.05) is 19.3 Å². The van der Waals surface area contributed by atoms with Crippen molar-refractivity contribution in [2.24, 2.45) is 0 Å². The molecule has 0 saturated carbocycles. The van der Waals surface area contributed by atoms with Crippen molar-refractivity contribution < 1.29 is 28.6 Å². The van der Waals surface area contributed by atoms with E-state index in [-0.39, 0.29) is 44.0 Å². The van der Waals surface area contributed by atoms with Crippen molar-refractivity contribution in [3.05, 3.63) is 134 Å². The molecule has 0 N–H and O–H groups in total. The summed E-state index contributed by atoms with van der Waals surface area (Å²) in [5.41, 5.74) is 0. The average molecular weight is 925 g/mol. The van der Waals surface area contributed by atoms with Crippen LogP contribution in [0.4, 0.5) is 0 Å². The normalized spacial score (nSPS) is 13.2. The Bertz CT molecular complexity index is 1480. The summed E-state index contributed by atoms with van der Waals surface area (Å²) in [5.74, 6) is -1.07. The second-order valence-corrected chi connectivity index (χ2v) is 17.0. The van der Waals surface area contributed by atoms with Gasteiger partial charge in [-0.1, -0.05) is 206 Å². The fourth-order valence-electron chi connectivity index (χ4n) is 6.69. The molecule has 0 aromatic rings. The van der Waals surface area contributed by atoms with Crippen molar-refractivity contribution in [3.8, 4) is 0 Å². The highest BCUT2D eigenvalue weighted by molar-refractivity contribution is 5.71. The third kappa shape index (κ3) is 52.4. The number of carbonyl (C=O) groups is 3. The van der Waals surface area contributed by atoms with Gasteiger partial charge < -0.3 is 14.2 Å². The Labute approximate surface area is 411 Å². The molecule has 0 aliphatic rings. The van der Waals surface area contributed by atoms with Crippen LogP contribution in [0.25, 0.3) is 0 Å². The molecule has 0 aliphatic heterocycles. The number of hydrogen-bond donors (Lipinski definition) is 0. The molecule has 0 heterocycles. The van der Waals surface area contributed by atoms with Gasteiger partial charge in [-0.2, -0.15) is 0 Å². The second kappa shape index (κ2) is 54.2. The number of ether oxygens (including phenoxy) is 3. The van der Waals surface area contributed by atoms with E-state index in [1.54, 1.807) is 0 Å². The van der Waals surface area contributed by atoms with Crippen molar-refractivity contribution in [3.63, 3.8) is 0 Å². The first-order valence-electron chi connectivity index (χ1n) is 26.7. The molecule has 1 atom stereocenters. The van der Waals surface area contributed by atoms with E-state index in [1.807, 2.05) is 12.2 Å². The van der Waals surface area contributed by atoms with Crippen LogP contribution < -0.4 is 0 Å². The van der Waals surface area contributed by atoms with Crippen LogP contribution in [0.15, 0.2) is 134 Å². The summed E-state index contributed by atoms with van der Waals surface area (Å²) in [7, 11) is 0. The monoisotopic (exact) mass is 925 g/mol. The predicted molar refractivity (Wildman–Crippen MR) is 288 cm³/mol. The van der Waals surface area contributed by atoms with Crippen LogP contribution in [-0.4, -0.2) is 37.2 Å². The molecule has 0 saturated heterocycles. The van der Waals surface area contributed by atoms with Crippen LogP contribution >= 0.6 is 0 Å². The number of allylic oxidation sites excluding steroid dienone is 22. The quantitative estimate of drug-likeness (QED) is 0.0262. The smallest absolute Gasteiger partial charge is 0.306 e. The highest BCUT2D eigenvalue weighted by atomic mass is 16.6. The molecular weight excluding hydrogens is 829 g/mol. The van der Waals surface area contributed by atoms with Crippen LogP contribution in [0.5, 0.6) is 0 Å². The summed E-state index contributed by atoms with van der Waals surface area (Å²) in [6, 6.07) is 0. The van der Waals surface area contributed by atoms with Gasteiger partial charge in [0.1, 0.15) is 13.2 Å². The zero-order chi connectivity index (χ0) is 48.6. The molecular formula is C61H96O6. The molecule has 376 valence electrons. The van der Waals surface area contributed by atoms with E-state index < -0.39 is 6.10 Å². The number of unbranched alkanes of at least 4 members (excludes halogenated alkanes) is 13. The summed E-state index contributed by atoms with van der Waals surface area (Å²) in [6.45, 7) is 6.28. The lowest BCUT2D eigenvalue weighted by atomic mass is 10.1. The highest BCUT2D eigenvalue weighted by Crippen LogP contribution is 2.12. The van der Waals surface area contributed by atoms with Gasteiger partial charge in [0.15, 0.2) is 6.10 Å². The minimum atomic E-state index is -0.838. The Morgan fingerprint density at radius 1 is 0.313 bits per heavy atom. The van der Waals surface area contributed by atoms with Crippen LogP contribution in [0.2, 0.25) is 0 Å². The summed E-state index contributed by atoms with van der Waals surface area (Å²) in [4.78, 5) is 38.0. The lowest BCUT2D eigenvalue weighted by Gasteiger charge is -2.18. The fourth-order valence-corrected chi connectivity index (χ4v) is 6.69. The molecule has 0 rings (SSSR count). The molecule has 6 nitrogen and oxygen atoms in total. The van der Waals surface area contributed by atoms with Crippen molar-refractivity contribution in [1.29, 1.82) is 0 Å². The SMILES string of the molecule is CC/C=C\C/C=C\C/C=C\C/C=C\C/C=C\C/C=C\CCC(=O)OC[C@H](COC(=O)CCCCCCC/C=C\CCCCCCCC)OC(=O)CCCC/C=C\C/C=C\C/C=C\C/C=C\CC. The van der Waals surface area contributed by atoms with Gasteiger partial charge in [-0.3, -0.25) is 14.4 Å². The largest absolute Gasteiger partial charge is 0.462 e. The van der Waals surface area contributed by atoms with Crippen LogP contribution in [-0.2, 0) is 28.6 Å². The molecule has 67 heavy (non-hydrogen) atoms. The van der Waals surface area contributed by atoms with Gasteiger partial charge >= 0.3 is 17.9 Å². The molecule has 0 unspecified atom stereocenters. The third-order valence-electron chi connectivity index (χ3n) is 10.6. The lowest BCUT2D eigenvalue weighted by Crippen LogP contribution is -2.30. The molecule has 0 radical (unpaired) electrons.